The molecule has 2 aliphatic rings. The number of allylic oxidation sites excluding steroid dienone is 2. The van der Waals surface area contributed by atoms with Crippen LogP contribution in [0.15, 0.2) is 46.5 Å². The minimum absolute atomic E-state index is 0.645. The Labute approximate surface area is 134 Å². The highest BCUT2D eigenvalue weighted by atomic mass is 15.2. The Bertz CT molecular complexity index is 860. The van der Waals surface area contributed by atoms with Crippen LogP contribution in [0.5, 0.6) is 0 Å². The maximum atomic E-state index is 4.81. The first-order valence-corrected chi connectivity index (χ1v) is 7.95. The second-order valence-electron chi connectivity index (χ2n) is 5.77. The van der Waals surface area contributed by atoms with Gasteiger partial charge in [-0.2, -0.15) is 4.99 Å². The van der Waals surface area contributed by atoms with Gasteiger partial charge in [0.15, 0.2) is 11.5 Å². The van der Waals surface area contributed by atoms with Crippen molar-refractivity contribution >= 4 is 17.4 Å². The second-order valence-corrected chi connectivity index (χ2v) is 5.77. The van der Waals surface area contributed by atoms with Crippen LogP contribution in [0.25, 0.3) is 5.65 Å². The molecular weight excluding hydrogens is 288 g/mol. The lowest BCUT2D eigenvalue weighted by atomic mass is 10.1. The van der Waals surface area contributed by atoms with Gasteiger partial charge in [-0.15, -0.1) is 0 Å². The van der Waals surface area contributed by atoms with Crippen molar-refractivity contribution in [2.75, 3.05) is 13.1 Å². The molecular formula is C17H18N6. The molecule has 6 nitrogen and oxygen atoms in total. The SMILES string of the molecule is Cc1nc2cnccn2c1C1=NC(N2CCCCC2)=CC=C=N1. The molecule has 2 aromatic rings. The standard InChI is InChI=1S/C17H18N6/c1-13-16(23-11-8-18-12-15(23)20-13)17-19-7-5-6-14(21-17)22-9-3-2-4-10-22/h5-6,8,11-12H,2-4,9-10H2,1H3. The lowest BCUT2D eigenvalue weighted by Gasteiger charge is -2.28. The Morgan fingerprint density at radius 2 is 2.04 bits per heavy atom. The van der Waals surface area contributed by atoms with Gasteiger partial charge in [-0.1, -0.05) is 0 Å². The Morgan fingerprint density at radius 1 is 1.17 bits per heavy atom. The van der Waals surface area contributed by atoms with Crippen LogP contribution >= 0.6 is 0 Å². The van der Waals surface area contributed by atoms with Gasteiger partial charge in [-0.05, 0) is 38.1 Å². The number of nitrogens with zero attached hydrogens (tertiary/aromatic N) is 6. The minimum Gasteiger partial charge on any atom is -0.357 e. The van der Waals surface area contributed by atoms with E-state index >= 15 is 0 Å². The first kappa shape index (κ1) is 13.9. The van der Waals surface area contributed by atoms with Crippen molar-refractivity contribution in [2.45, 2.75) is 26.2 Å². The summed E-state index contributed by atoms with van der Waals surface area (Å²) in [4.78, 5) is 20.2. The van der Waals surface area contributed by atoms with Gasteiger partial charge in [0.05, 0.1) is 11.9 Å². The highest BCUT2D eigenvalue weighted by molar-refractivity contribution is 6.03. The molecule has 2 aliphatic heterocycles. The summed E-state index contributed by atoms with van der Waals surface area (Å²) in [6.45, 7) is 4.07. The van der Waals surface area contributed by atoms with Gasteiger partial charge in [0.2, 0.25) is 0 Å². The molecule has 0 saturated carbocycles. The van der Waals surface area contributed by atoms with Crippen LogP contribution < -0.4 is 0 Å². The van der Waals surface area contributed by atoms with Crippen LogP contribution in [-0.2, 0) is 0 Å². The summed E-state index contributed by atoms with van der Waals surface area (Å²) in [6, 6.07) is 0. The lowest BCUT2D eigenvalue weighted by molar-refractivity contribution is 0.283. The molecule has 0 aromatic carbocycles. The third-order valence-corrected chi connectivity index (χ3v) is 4.19. The molecule has 0 unspecified atom stereocenters. The van der Waals surface area contributed by atoms with Gasteiger partial charge < -0.3 is 4.90 Å². The fraction of sp³-hybridized carbons (Fsp3) is 0.353. The molecule has 1 saturated heterocycles. The predicted octanol–water partition coefficient (Wildman–Crippen LogP) is 2.35. The van der Waals surface area contributed by atoms with E-state index in [0.717, 1.165) is 35.9 Å². The van der Waals surface area contributed by atoms with Crippen molar-refractivity contribution < 1.29 is 0 Å². The van der Waals surface area contributed by atoms with Gasteiger partial charge in [0, 0.05) is 31.6 Å². The summed E-state index contributed by atoms with van der Waals surface area (Å²) in [5.41, 5.74) is 2.59. The van der Waals surface area contributed by atoms with Crippen LogP contribution in [0.3, 0.4) is 0 Å². The zero-order chi connectivity index (χ0) is 15.6. The van der Waals surface area contributed by atoms with Crippen LogP contribution in [0.4, 0.5) is 0 Å². The van der Waals surface area contributed by atoms with E-state index in [1.807, 2.05) is 29.7 Å². The van der Waals surface area contributed by atoms with Crippen LogP contribution in [-0.4, -0.2) is 44.1 Å². The van der Waals surface area contributed by atoms with Crippen molar-refractivity contribution in [1.29, 1.82) is 0 Å². The molecule has 4 heterocycles. The van der Waals surface area contributed by atoms with Gasteiger partial charge >= 0.3 is 0 Å². The average Bonchev–Trinajstić information content (AvgIpc) is 2.76. The summed E-state index contributed by atoms with van der Waals surface area (Å²) >= 11 is 0. The number of imidazole rings is 1. The third kappa shape index (κ3) is 2.58. The van der Waals surface area contributed by atoms with Gasteiger partial charge in [-0.3, -0.25) is 9.38 Å². The summed E-state index contributed by atoms with van der Waals surface area (Å²) in [5.74, 6) is 4.56. The summed E-state index contributed by atoms with van der Waals surface area (Å²) < 4.78 is 1.98. The first-order valence-electron chi connectivity index (χ1n) is 7.95. The van der Waals surface area contributed by atoms with E-state index in [0.29, 0.717) is 5.84 Å². The van der Waals surface area contributed by atoms with Crippen LogP contribution in [0, 0.1) is 6.92 Å². The number of aryl methyl sites for hydroxylation is 1. The number of aliphatic imine (C=N–C) groups is 2. The molecule has 0 bridgehead atoms. The predicted molar refractivity (Wildman–Crippen MR) is 89.8 cm³/mol. The zero-order valence-corrected chi connectivity index (χ0v) is 13.1. The zero-order valence-electron chi connectivity index (χ0n) is 13.1. The molecule has 2 aromatic heterocycles. The number of fused-ring (bicyclic) bond motifs is 1. The molecule has 0 amide bonds. The molecule has 4 rings (SSSR count). The average molecular weight is 306 g/mol. The number of aromatic nitrogens is 3. The van der Waals surface area contributed by atoms with E-state index in [9.17, 15) is 0 Å². The molecule has 6 heteroatoms. The Balaban J connectivity index is 1.80. The minimum atomic E-state index is 0.645. The lowest BCUT2D eigenvalue weighted by Crippen LogP contribution is -2.28. The Morgan fingerprint density at radius 3 is 2.91 bits per heavy atom. The number of amidine groups is 1. The molecule has 1 fully saturated rings. The van der Waals surface area contributed by atoms with Crippen molar-refractivity contribution in [3.05, 3.63) is 48.0 Å². The highest BCUT2D eigenvalue weighted by Crippen LogP contribution is 2.19. The Kier molecular flexibility index (Phi) is 3.52. The van der Waals surface area contributed by atoms with Crippen molar-refractivity contribution in [3.63, 3.8) is 0 Å². The number of likely N-dealkylation sites (tertiary alicyclic amines) is 1. The molecule has 0 radical (unpaired) electrons. The number of rotatable bonds is 2. The van der Waals surface area contributed by atoms with E-state index in [4.69, 9.17) is 4.99 Å². The van der Waals surface area contributed by atoms with Crippen molar-refractivity contribution in [1.82, 2.24) is 19.3 Å². The number of piperidine rings is 1. The highest BCUT2D eigenvalue weighted by Gasteiger charge is 2.18. The fourth-order valence-electron chi connectivity index (χ4n) is 3.08. The molecule has 23 heavy (non-hydrogen) atoms. The van der Waals surface area contributed by atoms with E-state index < -0.39 is 0 Å². The summed E-state index contributed by atoms with van der Waals surface area (Å²) in [7, 11) is 0. The molecule has 0 N–H and O–H groups in total. The number of hydrogen-bond acceptors (Lipinski definition) is 5. The fourth-order valence-corrected chi connectivity index (χ4v) is 3.08. The quantitative estimate of drug-likeness (QED) is 0.856. The summed E-state index contributed by atoms with van der Waals surface area (Å²) in [5, 5.41) is 0. The maximum absolute atomic E-state index is 4.81. The molecule has 0 aliphatic carbocycles. The van der Waals surface area contributed by atoms with Gasteiger partial charge in [0.25, 0.3) is 0 Å². The largest absolute Gasteiger partial charge is 0.357 e. The second kappa shape index (κ2) is 5.82. The third-order valence-electron chi connectivity index (χ3n) is 4.19. The monoisotopic (exact) mass is 306 g/mol. The van der Waals surface area contributed by atoms with Crippen molar-refractivity contribution in [2.24, 2.45) is 9.98 Å². The van der Waals surface area contributed by atoms with Crippen molar-refractivity contribution in [3.8, 4) is 0 Å². The maximum Gasteiger partial charge on any atom is 0.189 e. The van der Waals surface area contributed by atoms with E-state index in [-0.39, 0.29) is 0 Å². The molecule has 0 atom stereocenters. The van der Waals surface area contributed by atoms with Gasteiger partial charge in [-0.25, -0.2) is 9.98 Å². The Hall–Kier alpha value is -2.72. The van der Waals surface area contributed by atoms with E-state index in [1.165, 1.54) is 19.3 Å². The smallest absolute Gasteiger partial charge is 0.189 e. The topological polar surface area (TPSA) is 58.1 Å². The van der Waals surface area contributed by atoms with E-state index in [1.54, 1.807) is 12.4 Å². The van der Waals surface area contributed by atoms with Crippen LogP contribution in [0.2, 0.25) is 0 Å². The molecule has 0 spiro atoms. The van der Waals surface area contributed by atoms with Gasteiger partial charge in [0.1, 0.15) is 11.5 Å². The van der Waals surface area contributed by atoms with Crippen LogP contribution in [0.1, 0.15) is 30.7 Å². The first-order chi connectivity index (χ1) is 11.3. The number of hydrogen-bond donors (Lipinski definition) is 0. The van der Waals surface area contributed by atoms with E-state index in [2.05, 4.69) is 25.7 Å². The summed E-state index contributed by atoms with van der Waals surface area (Å²) in [6.07, 6.45) is 12.9. The molecule has 116 valence electrons. The normalized spacial score (nSPS) is 18.0.